The summed E-state index contributed by atoms with van der Waals surface area (Å²) in [6.45, 7) is 0. The van der Waals surface area contributed by atoms with E-state index in [1.807, 2.05) is 0 Å². The Hall–Kier alpha value is -2.91. The van der Waals surface area contributed by atoms with Crippen molar-refractivity contribution in [2.24, 2.45) is 0 Å². The van der Waals surface area contributed by atoms with Crippen molar-refractivity contribution in [3.05, 3.63) is 47.0 Å². The van der Waals surface area contributed by atoms with Crippen LogP contribution in [0.2, 0.25) is 5.02 Å². The number of benzene rings is 2. The predicted molar refractivity (Wildman–Crippen MR) is 109 cm³/mol. The Kier molecular flexibility index (Phi) is 7.35. The number of ether oxygens (including phenoxy) is 4. The highest BCUT2D eigenvalue weighted by Crippen LogP contribution is 2.38. The molecule has 0 saturated heterocycles. The average Bonchev–Trinajstić information content (AvgIpc) is 2.70. The van der Waals surface area contributed by atoms with Gasteiger partial charge in [0.1, 0.15) is 10.6 Å². The zero-order valence-corrected chi connectivity index (χ0v) is 17.8. The second-order valence-electron chi connectivity index (χ2n) is 5.56. The molecule has 0 bridgehead atoms. The number of sulfonamides is 1. The van der Waals surface area contributed by atoms with E-state index in [0.717, 1.165) is 6.08 Å². The highest BCUT2D eigenvalue weighted by Gasteiger charge is 2.25. The molecule has 0 saturated carbocycles. The van der Waals surface area contributed by atoms with Crippen molar-refractivity contribution in [2.75, 3.05) is 33.2 Å². The summed E-state index contributed by atoms with van der Waals surface area (Å²) < 4.78 is 48.9. The van der Waals surface area contributed by atoms with Gasteiger partial charge in [-0.3, -0.25) is 4.72 Å². The van der Waals surface area contributed by atoms with Crippen LogP contribution in [0.5, 0.6) is 17.2 Å². The van der Waals surface area contributed by atoms with Gasteiger partial charge in [-0.25, -0.2) is 13.2 Å². The molecule has 2 aromatic rings. The number of carbonyl (C=O) groups is 1. The van der Waals surface area contributed by atoms with Crippen molar-refractivity contribution in [2.45, 2.75) is 4.90 Å². The minimum atomic E-state index is -4.15. The normalized spacial score (nSPS) is 11.2. The van der Waals surface area contributed by atoms with Crippen LogP contribution in [0.25, 0.3) is 6.08 Å². The number of nitrogens with one attached hydrogen (secondary N) is 1. The third-order valence-electron chi connectivity index (χ3n) is 3.78. The van der Waals surface area contributed by atoms with E-state index in [-0.39, 0.29) is 27.8 Å². The third kappa shape index (κ3) is 5.33. The van der Waals surface area contributed by atoms with Gasteiger partial charge in [-0.15, -0.1) is 0 Å². The minimum Gasteiger partial charge on any atom is -0.495 e. The van der Waals surface area contributed by atoms with Gasteiger partial charge in [0.15, 0.2) is 11.5 Å². The molecule has 0 radical (unpaired) electrons. The van der Waals surface area contributed by atoms with E-state index in [2.05, 4.69) is 9.46 Å². The lowest BCUT2D eigenvalue weighted by atomic mass is 10.2. The predicted octanol–water partition coefficient (Wildman–Crippen LogP) is 3.35. The highest BCUT2D eigenvalue weighted by atomic mass is 35.5. The number of halogens is 1. The lowest BCUT2D eigenvalue weighted by Gasteiger charge is -2.16. The molecule has 0 aliphatic rings. The van der Waals surface area contributed by atoms with Crippen LogP contribution in [0, 0.1) is 0 Å². The first-order valence-corrected chi connectivity index (χ1v) is 10.00. The summed E-state index contributed by atoms with van der Waals surface area (Å²) in [6, 6.07) is 7.38. The van der Waals surface area contributed by atoms with Crippen molar-refractivity contribution in [1.82, 2.24) is 0 Å². The van der Waals surface area contributed by atoms with Crippen LogP contribution in [0.15, 0.2) is 41.3 Å². The van der Waals surface area contributed by atoms with E-state index in [1.165, 1.54) is 58.8 Å². The second kappa shape index (κ2) is 9.53. The van der Waals surface area contributed by atoms with Crippen LogP contribution in [0.4, 0.5) is 5.69 Å². The summed E-state index contributed by atoms with van der Waals surface area (Å²) in [4.78, 5) is 11.2. The van der Waals surface area contributed by atoms with Gasteiger partial charge in [-0.2, -0.15) is 0 Å². The van der Waals surface area contributed by atoms with E-state index >= 15 is 0 Å². The topological polar surface area (TPSA) is 100 Å². The van der Waals surface area contributed by atoms with E-state index < -0.39 is 16.0 Å². The number of anilines is 1. The summed E-state index contributed by atoms with van der Waals surface area (Å²) >= 11 is 5.98. The molecule has 2 rings (SSSR count). The van der Waals surface area contributed by atoms with Crippen molar-refractivity contribution in [3.8, 4) is 17.2 Å². The molecule has 0 unspecified atom stereocenters. The van der Waals surface area contributed by atoms with E-state index in [9.17, 15) is 13.2 Å². The fourth-order valence-corrected chi connectivity index (χ4v) is 3.89. The van der Waals surface area contributed by atoms with Crippen LogP contribution in [0.3, 0.4) is 0 Å². The van der Waals surface area contributed by atoms with Gasteiger partial charge < -0.3 is 18.9 Å². The average molecular weight is 442 g/mol. The van der Waals surface area contributed by atoms with E-state index in [0.29, 0.717) is 10.6 Å². The maximum absolute atomic E-state index is 13.1. The monoisotopic (exact) mass is 441 g/mol. The molecule has 8 nitrogen and oxygen atoms in total. The zero-order valence-electron chi connectivity index (χ0n) is 16.2. The smallest absolute Gasteiger partial charge is 0.330 e. The number of rotatable bonds is 8. The summed E-state index contributed by atoms with van der Waals surface area (Å²) in [5.41, 5.74) is 0.531. The number of hydrogen-bond acceptors (Lipinski definition) is 7. The largest absolute Gasteiger partial charge is 0.495 e. The van der Waals surface area contributed by atoms with Crippen LogP contribution in [-0.2, 0) is 19.6 Å². The molecular weight excluding hydrogens is 422 g/mol. The molecule has 0 amide bonds. The third-order valence-corrected chi connectivity index (χ3v) is 5.38. The lowest BCUT2D eigenvalue weighted by Crippen LogP contribution is -2.15. The Morgan fingerprint density at radius 1 is 1.00 bits per heavy atom. The zero-order chi connectivity index (χ0) is 21.6. The summed E-state index contributed by atoms with van der Waals surface area (Å²) in [7, 11) is 1.18. The van der Waals surface area contributed by atoms with Crippen LogP contribution in [0.1, 0.15) is 5.56 Å². The molecule has 0 aromatic heterocycles. The van der Waals surface area contributed by atoms with Crippen molar-refractivity contribution in [3.63, 3.8) is 0 Å². The first-order valence-electron chi connectivity index (χ1n) is 8.14. The summed E-state index contributed by atoms with van der Waals surface area (Å²) in [6.07, 6.45) is 2.55. The SMILES string of the molecule is COC(=O)/C=C/c1cc(OC)c(OC)c(S(=O)(=O)Nc2cc(Cl)ccc2OC)c1. The molecular formula is C19H20ClNO7S. The van der Waals surface area contributed by atoms with Crippen molar-refractivity contribution >= 4 is 39.4 Å². The summed E-state index contributed by atoms with van der Waals surface area (Å²) in [5.74, 6) is -0.147. The fourth-order valence-electron chi connectivity index (χ4n) is 2.44. The first kappa shape index (κ1) is 22.4. The molecule has 10 heteroatoms. The van der Waals surface area contributed by atoms with Crippen molar-refractivity contribution in [1.29, 1.82) is 0 Å². The molecule has 0 spiro atoms. The molecule has 0 aliphatic carbocycles. The van der Waals surface area contributed by atoms with Gasteiger partial charge in [-0.1, -0.05) is 11.6 Å². The lowest BCUT2D eigenvalue weighted by molar-refractivity contribution is -0.134. The Labute approximate surface area is 174 Å². The first-order chi connectivity index (χ1) is 13.7. The second-order valence-corrected chi connectivity index (χ2v) is 7.65. The molecule has 29 heavy (non-hydrogen) atoms. The fraction of sp³-hybridized carbons (Fsp3) is 0.211. The standard InChI is InChI=1S/C19H20ClNO7S/c1-25-15-7-6-13(20)11-14(15)21-29(23,24)17-10-12(5-8-18(22)27-3)9-16(26-2)19(17)28-4/h5-11,21H,1-4H3/b8-5+. The van der Waals surface area contributed by atoms with E-state index in [4.69, 9.17) is 25.8 Å². The maximum atomic E-state index is 13.1. The van der Waals surface area contributed by atoms with Gasteiger partial charge in [-0.05, 0) is 42.0 Å². The van der Waals surface area contributed by atoms with Gasteiger partial charge in [0, 0.05) is 11.1 Å². The van der Waals surface area contributed by atoms with Gasteiger partial charge >= 0.3 is 5.97 Å². The van der Waals surface area contributed by atoms with Crippen LogP contribution >= 0.6 is 11.6 Å². The minimum absolute atomic E-state index is 0.00351. The Morgan fingerprint density at radius 2 is 1.69 bits per heavy atom. The van der Waals surface area contributed by atoms with Crippen LogP contribution < -0.4 is 18.9 Å². The van der Waals surface area contributed by atoms with Crippen LogP contribution in [-0.4, -0.2) is 42.8 Å². The molecule has 0 heterocycles. The number of esters is 1. The summed E-state index contributed by atoms with van der Waals surface area (Å²) in [5, 5.41) is 0.322. The molecule has 0 fully saturated rings. The number of methoxy groups -OCH3 is 4. The Morgan fingerprint density at radius 3 is 2.28 bits per heavy atom. The molecule has 0 aliphatic heterocycles. The Bertz CT molecular complexity index is 1040. The molecule has 2 aromatic carbocycles. The number of hydrogen-bond donors (Lipinski definition) is 1. The highest BCUT2D eigenvalue weighted by molar-refractivity contribution is 7.92. The number of carbonyl (C=O) groups excluding carboxylic acids is 1. The van der Waals surface area contributed by atoms with Gasteiger partial charge in [0.2, 0.25) is 0 Å². The quantitative estimate of drug-likeness (QED) is 0.495. The van der Waals surface area contributed by atoms with Gasteiger partial charge in [0.05, 0.1) is 34.1 Å². The van der Waals surface area contributed by atoms with E-state index in [1.54, 1.807) is 6.07 Å². The van der Waals surface area contributed by atoms with Crippen molar-refractivity contribution < 1.29 is 32.2 Å². The molecule has 1 N–H and O–H groups in total. The maximum Gasteiger partial charge on any atom is 0.330 e. The Balaban J connectivity index is 2.59. The molecule has 156 valence electrons. The molecule has 0 atom stereocenters. The van der Waals surface area contributed by atoms with Gasteiger partial charge in [0.25, 0.3) is 10.0 Å².